The molecule has 0 radical (unpaired) electrons. The lowest BCUT2D eigenvalue weighted by Crippen LogP contribution is -2.31. The molecular weight excluding hydrogens is 273 g/mol. The predicted octanol–water partition coefficient (Wildman–Crippen LogP) is 2.56. The topological polar surface area (TPSA) is 58.4 Å². The van der Waals surface area contributed by atoms with Crippen molar-refractivity contribution < 1.29 is 9.31 Å². The number of hydrogen-bond donors (Lipinski definition) is 1. The Morgan fingerprint density at radius 2 is 2.14 bits per heavy atom. The molecule has 1 N–H and O–H groups in total. The molecule has 1 saturated heterocycles. The molecule has 1 atom stereocenters. The van der Waals surface area contributed by atoms with Crippen molar-refractivity contribution in [2.24, 2.45) is 5.92 Å². The van der Waals surface area contributed by atoms with E-state index in [0.29, 0.717) is 18.0 Å². The molecule has 0 saturated carbocycles. The Kier molecular flexibility index (Phi) is 5.64. The lowest BCUT2D eigenvalue weighted by Gasteiger charge is -2.20. The quantitative estimate of drug-likeness (QED) is 0.620. The highest BCUT2D eigenvalue weighted by Gasteiger charge is 2.16. The molecule has 0 amide bonds. The van der Waals surface area contributed by atoms with Crippen LogP contribution in [0.1, 0.15) is 25.3 Å². The lowest BCUT2D eigenvalue weighted by molar-refractivity contribution is -0.385. The van der Waals surface area contributed by atoms with Crippen molar-refractivity contribution in [3.8, 4) is 0 Å². The fourth-order valence-corrected chi connectivity index (χ4v) is 2.80. The molecule has 1 aliphatic rings. The van der Waals surface area contributed by atoms with Crippen molar-refractivity contribution in [3.05, 3.63) is 39.7 Å². The summed E-state index contributed by atoms with van der Waals surface area (Å²) < 4.78 is 13.2. The van der Waals surface area contributed by atoms with Gasteiger partial charge in [-0.05, 0) is 50.5 Å². The van der Waals surface area contributed by atoms with Gasteiger partial charge in [-0.2, -0.15) is 0 Å². The van der Waals surface area contributed by atoms with Gasteiger partial charge in [0.15, 0.2) is 0 Å². The zero-order chi connectivity index (χ0) is 15.2. The number of nitrogens with zero attached hydrogens (tertiary/aromatic N) is 2. The van der Waals surface area contributed by atoms with E-state index in [-0.39, 0.29) is 5.69 Å². The van der Waals surface area contributed by atoms with E-state index in [2.05, 4.69) is 17.1 Å². The maximum Gasteiger partial charge on any atom is 0.274 e. The molecule has 1 aromatic carbocycles. The van der Waals surface area contributed by atoms with Crippen LogP contribution >= 0.6 is 0 Å². The van der Waals surface area contributed by atoms with Crippen molar-refractivity contribution in [1.29, 1.82) is 0 Å². The molecule has 2 rings (SSSR count). The Morgan fingerprint density at radius 1 is 1.43 bits per heavy atom. The highest BCUT2D eigenvalue weighted by molar-refractivity contribution is 5.40. The van der Waals surface area contributed by atoms with Crippen LogP contribution in [0.25, 0.3) is 0 Å². The van der Waals surface area contributed by atoms with Gasteiger partial charge < -0.3 is 10.2 Å². The fourth-order valence-electron chi connectivity index (χ4n) is 2.80. The van der Waals surface area contributed by atoms with E-state index in [4.69, 9.17) is 0 Å². The van der Waals surface area contributed by atoms with Crippen molar-refractivity contribution in [2.45, 2.75) is 26.3 Å². The van der Waals surface area contributed by atoms with E-state index < -0.39 is 10.7 Å². The van der Waals surface area contributed by atoms with Crippen molar-refractivity contribution >= 4 is 5.69 Å². The molecule has 6 heteroatoms. The number of hydrogen-bond acceptors (Lipinski definition) is 4. The Morgan fingerprint density at radius 3 is 2.81 bits per heavy atom. The molecule has 1 unspecified atom stereocenters. The molecule has 1 heterocycles. The third kappa shape index (κ3) is 4.75. The fraction of sp³-hybridized carbons (Fsp3) is 0.600. The van der Waals surface area contributed by atoms with Crippen LogP contribution in [0.3, 0.4) is 0 Å². The summed E-state index contributed by atoms with van der Waals surface area (Å²) in [7, 11) is 0. The summed E-state index contributed by atoms with van der Waals surface area (Å²) in [6, 6.07) is 3.58. The average Bonchev–Trinajstić information content (AvgIpc) is 2.91. The minimum absolute atomic E-state index is 0.0314. The van der Waals surface area contributed by atoms with Crippen molar-refractivity contribution in [2.75, 3.05) is 26.2 Å². The lowest BCUT2D eigenvalue weighted by atomic mass is 10.1. The smallest absolute Gasteiger partial charge is 0.274 e. The number of likely N-dealkylation sites (tertiary alicyclic amines) is 1. The summed E-state index contributed by atoms with van der Waals surface area (Å²) in [5.74, 6) is 0.0261. The second-order valence-electron chi connectivity index (χ2n) is 5.77. The van der Waals surface area contributed by atoms with Gasteiger partial charge >= 0.3 is 0 Å². The molecular formula is C15H22FN3O2. The second kappa shape index (κ2) is 7.47. The van der Waals surface area contributed by atoms with Gasteiger partial charge in [-0.1, -0.05) is 6.92 Å². The van der Waals surface area contributed by atoms with Gasteiger partial charge in [-0.15, -0.1) is 0 Å². The highest BCUT2D eigenvalue weighted by Crippen LogP contribution is 2.19. The van der Waals surface area contributed by atoms with Crippen LogP contribution in [0.15, 0.2) is 18.2 Å². The summed E-state index contributed by atoms with van der Waals surface area (Å²) in [6.45, 7) is 6.62. The molecule has 116 valence electrons. The Balaban J connectivity index is 1.82. The number of rotatable bonds is 7. The normalized spacial score (nSPS) is 17.0. The van der Waals surface area contributed by atoms with Gasteiger partial charge in [0.1, 0.15) is 5.82 Å². The third-order valence-electron chi connectivity index (χ3n) is 3.82. The van der Waals surface area contributed by atoms with E-state index in [0.717, 1.165) is 19.2 Å². The molecule has 21 heavy (non-hydrogen) atoms. The first-order valence-electron chi connectivity index (χ1n) is 7.42. The molecule has 1 aromatic rings. The maximum atomic E-state index is 13.2. The molecule has 5 nitrogen and oxygen atoms in total. The Hall–Kier alpha value is -1.53. The van der Waals surface area contributed by atoms with Crippen LogP contribution in [-0.4, -0.2) is 36.0 Å². The summed E-state index contributed by atoms with van der Waals surface area (Å²) in [6.07, 6.45) is 2.55. The Labute approximate surface area is 124 Å². The first-order valence-corrected chi connectivity index (χ1v) is 7.42. The number of nitro groups is 1. The first kappa shape index (κ1) is 15.9. The SMILES string of the molecule is CC(CNCc1cc(F)ccc1[N+](=O)[O-])CN1CCCC1. The standard InChI is InChI=1S/C15H22FN3O2/c1-12(11-18-6-2-3-7-18)9-17-10-13-8-14(16)4-5-15(13)19(20)21/h4-5,8,12,17H,2-3,6-7,9-11H2,1H3. The van der Waals surface area contributed by atoms with Crippen molar-refractivity contribution in [3.63, 3.8) is 0 Å². The number of benzene rings is 1. The minimum Gasteiger partial charge on any atom is -0.312 e. The molecule has 1 aliphatic heterocycles. The molecule has 0 spiro atoms. The van der Waals surface area contributed by atoms with Crippen LogP contribution in [0, 0.1) is 21.8 Å². The molecule has 0 aliphatic carbocycles. The maximum absolute atomic E-state index is 13.2. The summed E-state index contributed by atoms with van der Waals surface area (Å²) in [4.78, 5) is 12.9. The van der Waals surface area contributed by atoms with E-state index in [1.165, 1.54) is 38.1 Å². The summed E-state index contributed by atoms with van der Waals surface area (Å²) >= 11 is 0. The van der Waals surface area contributed by atoms with Gasteiger partial charge in [0.05, 0.1) is 4.92 Å². The second-order valence-corrected chi connectivity index (χ2v) is 5.77. The van der Waals surface area contributed by atoms with Crippen molar-refractivity contribution in [1.82, 2.24) is 10.2 Å². The van der Waals surface area contributed by atoms with E-state index in [1.807, 2.05) is 0 Å². The van der Waals surface area contributed by atoms with Gasteiger partial charge in [0, 0.05) is 24.7 Å². The van der Waals surface area contributed by atoms with Gasteiger partial charge in [-0.3, -0.25) is 10.1 Å². The van der Waals surface area contributed by atoms with Crippen LogP contribution < -0.4 is 5.32 Å². The number of halogens is 1. The molecule has 0 aromatic heterocycles. The number of nitro benzene ring substituents is 1. The Bertz CT molecular complexity index is 490. The third-order valence-corrected chi connectivity index (χ3v) is 3.82. The van der Waals surface area contributed by atoms with Gasteiger partial charge in [0.2, 0.25) is 0 Å². The van der Waals surface area contributed by atoms with Crippen LogP contribution in [0.5, 0.6) is 0 Å². The van der Waals surface area contributed by atoms with Gasteiger partial charge in [-0.25, -0.2) is 4.39 Å². The summed E-state index contributed by atoms with van der Waals surface area (Å²) in [5.41, 5.74) is 0.365. The monoisotopic (exact) mass is 295 g/mol. The molecule has 1 fully saturated rings. The largest absolute Gasteiger partial charge is 0.312 e. The zero-order valence-corrected chi connectivity index (χ0v) is 12.3. The average molecular weight is 295 g/mol. The van der Waals surface area contributed by atoms with Gasteiger partial charge in [0.25, 0.3) is 5.69 Å². The number of nitrogens with one attached hydrogen (secondary N) is 1. The van der Waals surface area contributed by atoms with Crippen LogP contribution in [0.4, 0.5) is 10.1 Å². The highest BCUT2D eigenvalue weighted by atomic mass is 19.1. The first-order chi connectivity index (χ1) is 10.1. The zero-order valence-electron chi connectivity index (χ0n) is 12.3. The minimum atomic E-state index is -0.468. The van der Waals surface area contributed by atoms with E-state index in [1.54, 1.807) is 0 Å². The van der Waals surface area contributed by atoms with Crippen LogP contribution in [0.2, 0.25) is 0 Å². The van der Waals surface area contributed by atoms with E-state index in [9.17, 15) is 14.5 Å². The van der Waals surface area contributed by atoms with E-state index >= 15 is 0 Å². The summed E-state index contributed by atoms with van der Waals surface area (Å²) in [5, 5.41) is 14.1. The van der Waals surface area contributed by atoms with Crippen LogP contribution in [-0.2, 0) is 6.54 Å². The predicted molar refractivity (Wildman–Crippen MR) is 79.6 cm³/mol. The molecule has 0 bridgehead atoms.